The van der Waals surface area contributed by atoms with Gasteiger partial charge in [0.1, 0.15) is 6.17 Å². The summed E-state index contributed by atoms with van der Waals surface area (Å²) in [5.41, 5.74) is 0. The molecule has 0 amide bonds. The van der Waals surface area contributed by atoms with E-state index in [-0.39, 0.29) is 0 Å². The summed E-state index contributed by atoms with van der Waals surface area (Å²) < 4.78 is 0. The van der Waals surface area contributed by atoms with Crippen molar-refractivity contribution < 1.29 is 0 Å². The molecule has 1 rings (SSSR count). The van der Waals surface area contributed by atoms with E-state index in [9.17, 15) is 0 Å². The molecule has 0 bridgehead atoms. The molecular weight excluding hydrogens is 244 g/mol. The lowest BCUT2D eigenvalue weighted by atomic mass is 10.1. The van der Waals surface area contributed by atoms with Crippen molar-refractivity contribution in [2.75, 3.05) is 13.1 Å². The lowest BCUT2D eigenvalue weighted by Gasteiger charge is -2.33. The van der Waals surface area contributed by atoms with Gasteiger partial charge in [-0.05, 0) is 25.7 Å². The van der Waals surface area contributed by atoms with Crippen molar-refractivity contribution in [2.24, 2.45) is 0 Å². The van der Waals surface area contributed by atoms with Crippen molar-refractivity contribution >= 4 is 0 Å². The molecule has 0 saturated heterocycles. The van der Waals surface area contributed by atoms with Gasteiger partial charge in [-0.2, -0.15) is 0 Å². The largest absolute Gasteiger partial charge is 0.356 e. The molecule has 2 heteroatoms. The Morgan fingerprint density at radius 3 is 1.80 bits per heavy atom. The van der Waals surface area contributed by atoms with Crippen LogP contribution in [0.1, 0.15) is 85.0 Å². The Morgan fingerprint density at radius 2 is 1.20 bits per heavy atom. The lowest BCUT2D eigenvalue weighted by molar-refractivity contribution is 0.136. The van der Waals surface area contributed by atoms with E-state index in [2.05, 4.69) is 43.0 Å². The van der Waals surface area contributed by atoms with Crippen LogP contribution in [0.25, 0.3) is 0 Å². The van der Waals surface area contributed by atoms with Gasteiger partial charge >= 0.3 is 0 Å². The molecule has 0 radical (unpaired) electrons. The normalized spacial score (nSPS) is 18.2. The highest BCUT2D eigenvalue weighted by molar-refractivity contribution is 4.96. The zero-order valence-electron chi connectivity index (χ0n) is 14.1. The molecule has 0 aromatic rings. The third-order valence-electron chi connectivity index (χ3n) is 4.32. The molecule has 1 unspecified atom stereocenters. The van der Waals surface area contributed by atoms with Crippen molar-refractivity contribution in [2.45, 2.75) is 91.1 Å². The van der Waals surface area contributed by atoms with Crippen molar-refractivity contribution in [1.82, 2.24) is 9.80 Å². The SMILES string of the molecule is CCCCCCN1C=CN(CCCC)C1CCCCC. The molecule has 1 heterocycles. The van der Waals surface area contributed by atoms with Gasteiger partial charge < -0.3 is 9.80 Å². The molecule has 0 saturated carbocycles. The summed E-state index contributed by atoms with van der Waals surface area (Å²) >= 11 is 0. The van der Waals surface area contributed by atoms with Crippen LogP contribution in [-0.2, 0) is 0 Å². The molecule has 118 valence electrons. The fourth-order valence-electron chi connectivity index (χ4n) is 2.98. The Balaban J connectivity index is 2.38. The maximum atomic E-state index is 2.60. The zero-order chi connectivity index (χ0) is 14.6. The van der Waals surface area contributed by atoms with Crippen LogP contribution in [0.2, 0.25) is 0 Å². The van der Waals surface area contributed by atoms with Gasteiger partial charge in [-0.25, -0.2) is 0 Å². The Labute approximate surface area is 127 Å². The second kappa shape index (κ2) is 11.0. The van der Waals surface area contributed by atoms with E-state index in [1.54, 1.807) is 0 Å². The Hall–Kier alpha value is -0.660. The number of hydrogen-bond donors (Lipinski definition) is 0. The molecule has 20 heavy (non-hydrogen) atoms. The highest BCUT2D eigenvalue weighted by Gasteiger charge is 2.24. The maximum absolute atomic E-state index is 2.60. The average molecular weight is 280 g/mol. The summed E-state index contributed by atoms with van der Waals surface area (Å²) in [7, 11) is 0. The van der Waals surface area contributed by atoms with Gasteiger partial charge in [0, 0.05) is 25.5 Å². The molecule has 0 N–H and O–H groups in total. The van der Waals surface area contributed by atoms with Crippen LogP contribution in [-0.4, -0.2) is 29.1 Å². The first-order valence-corrected chi connectivity index (χ1v) is 9.03. The molecule has 0 aromatic heterocycles. The van der Waals surface area contributed by atoms with Crippen molar-refractivity contribution in [3.8, 4) is 0 Å². The first-order valence-electron chi connectivity index (χ1n) is 9.03. The third kappa shape index (κ3) is 6.19. The molecule has 0 fully saturated rings. The summed E-state index contributed by atoms with van der Waals surface area (Å²) in [6.07, 6.45) is 18.8. The summed E-state index contributed by atoms with van der Waals surface area (Å²) in [5.74, 6) is 0. The van der Waals surface area contributed by atoms with E-state index in [0.29, 0.717) is 6.17 Å². The molecule has 1 atom stereocenters. The maximum Gasteiger partial charge on any atom is 0.101 e. The van der Waals surface area contributed by atoms with Gasteiger partial charge in [0.2, 0.25) is 0 Å². The quantitative estimate of drug-likeness (QED) is 0.444. The number of hydrogen-bond acceptors (Lipinski definition) is 2. The molecule has 0 spiro atoms. The molecule has 0 aromatic carbocycles. The monoisotopic (exact) mass is 280 g/mol. The van der Waals surface area contributed by atoms with E-state index in [4.69, 9.17) is 0 Å². The number of unbranched alkanes of at least 4 members (excludes halogenated alkanes) is 6. The van der Waals surface area contributed by atoms with Crippen molar-refractivity contribution in [1.29, 1.82) is 0 Å². The summed E-state index contributed by atoms with van der Waals surface area (Å²) in [6.45, 7) is 9.35. The van der Waals surface area contributed by atoms with E-state index in [1.165, 1.54) is 77.3 Å². The smallest absolute Gasteiger partial charge is 0.101 e. The van der Waals surface area contributed by atoms with Crippen LogP contribution in [0.15, 0.2) is 12.4 Å². The summed E-state index contributed by atoms with van der Waals surface area (Å²) in [5, 5.41) is 0. The van der Waals surface area contributed by atoms with E-state index < -0.39 is 0 Å². The lowest BCUT2D eigenvalue weighted by Crippen LogP contribution is -2.39. The highest BCUT2D eigenvalue weighted by atomic mass is 15.4. The Morgan fingerprint density at radius 1 is 0.650 bits per heavy atom. The first kappa shape index (κ1) is 17.4. The van der Waals surface area contributed by atoms with Crippen LogP contribution in [0, 0.1) is 0 Å². The van der Waals surface area contributed by atoms with Crippen LogP contribution >= 0.6 is 0 Å². The second-order valence-corrected chi connectivity index (χ2v) is 6.16. The highest BCUT2D eigenvalue weighted by Crippen LogP contribution is 2.22. The van der Waals surface area contributed by atoms with Gasteiger partial charge in [-0.3, -0.25) is 0 Å². The number of nitrogens with zero attached hydrogens (tertiary/aromatic N) is 2. The minimum Gasteiger partial charge on any atom is -0.356 e. The summed E-state index contributed by atoms with van der Waals surface area (Å²) in [4.78, 5) is 5.18. The number of rotatable bonds is 12. The van der Waals surface area contributed by atoms with Crippen LogP contribution < -0.4 is 0 Å². The van der Waals surface area contributed by atoms with Crippen molar-refractivity contribution in [3.05, 3.63) is 12.4 Å². The van der Waals surface area contributed by atoms with Crippen molar-refractivity contribution in [3.63, 3.8) is 0 Å². The van der Waals surface area contributed by atoms with Gasteiger partial charge in [-0.15, -0.1) is 0 Å². The van der Waals surface area contributed by atoms with Crippen LogP contribution in [0.4, 0.5) is 0 Å². The molecule has 2 nitrogen and oxygen atoms in total. The standard InChI is InChI=1S/C18H36N2/c1-4-7-10-12-15-20-17-16-19(14-9-6-3)18(20)13-11-8-5-2/h16-18H,4-15H2,1-3H3. The molecule has 1 aliphatic heterocycles. The van der Waals surface area contributed by atoms with Gasteiger partial charge in [0.05, 0.1) is 0 Å². The Kier molecular flexibility index (Phi) is 9.61. The Bertz CT molecular complexity index is 250. The molecule has 0 aliphatic carbocycles. The predicted octanol–water partition coefficient (Wildman–Crippen LogP) is 5.36. The van der Waals surface area contributed by atoms with Gasteiger partial charge in [0.15, 0.2) is 0 Å². The zero-order valence-corrected chi connectivity index (χ0v) is 14.1. The minimum atomic E-state index is 0.648. The van der Waals surface area contributed by atoms with Crippen LogP contribution in [0.5, 0.6) is 0 Å². The first-order chi connectivity index (χ1) is 9.83. The topological polar surface area (TPSA) is 6.48 Å². The fourth-order valence-corrected chi connectivity index (χ4v) is 2.98. The minimum absolute atomic E-state index is 0.648. The average Bonchev–Trinajstić information content (AvgIpc) is 2.84. The molecule has 1 aliphatic rings. The second-order valence-electron chi connectivity index (χ2n) is 6.16. The van der Waals surface area contributed by atoms with E-state index in [1.807, 2.05) is 0 Å². The van der Waals surface area contributed by atoms with Gasteiger partial charge in [-0.1, -0.05) is 59.3 Å². The van der Waals surface area contributed by atoms with E-state index in [0.717, 1.165) is 0 Å². The van der Waals surface area contributed by atoms with E-state index >= 15 is 0 Å². The van der Waals surface area contributed by atoms with Crippen LogP contribution in [0.3, 0.4) is 0 Å². The third-order valence-corrected chi connectivity index (χ3v) is 4.32. The van der Waals surface area contributed by atoms with Gasteiger partial charge in [0.25, 0.3) is 0 Å². The molecular formula is C18H36N2. The fraction of sp³-hybridized carbons (Fsp3) is 0.889. The predicted molar refractivity (Wildman–Crippen MR) is 89.5 cm³/mol. The summed E-state index contributed by atoms with van der Waals surface area (Å²) in [6, 6.07) is 0.